The molecular formula is C22H19BrN2O4. The Labute approximate surface area is 176 Å². The molecule has 0 unspecified atom stereocenters. The van der Waals surface area contributed by atoms with Gasteiger partial charge in [0.05, 0.1) is 16.0 Å². The molecule has 0 heterocycles. The maximum atomic E-state index is 12.5. The lowest BCUT2D eigenvalue weighted by Gasteiger charge is -2.11. The predicted molar refractivity (Wildman–Crippen MR) is 116 cm³/mol. The Balaban J connectivity index is 1.63. The van der Waals surface area contributed by atoms with Crippen LogP contribution in [0.4, 0.5) is 11.4 Å². The van der Waals surface area contributed by atoms with Gasteiger partial charge in [0, 0.05) is 29.8 Å². The number of aryl methyl sites for hydroxylation is 1. The van der Waals surface area contributed by atoms with Crippen LogP contribution in [0.2, 0.25) is 0 Å². The van der Waals surface area contributed by atoms with E-state index >= 15 is 0 Å². The first-order valence-electron chi connectivity index (χ1n) is 8.96. The number of ether oxygens (including phenoxy) is 1. The van der Waals surface area contributed by atoms with E-state index in [1.54, 1.807) is 25.1 Å². The Hall–Kier alpha value is -3.19. The van der Waals surface area contributed by atoms with E-state index in [1.165, 1.54) is 23.8 Å². The van der Waals surface area contributed by atoms with Crippen molar-refractivity contribution in [3.8, 4) is 5.75 Å². The zero-order valence-corrected chi connectivity index (χ0v) is 17.3. The van der Waals surface area contributed by atoms with Gasteiger partial charge in [0.15, 0.2) is 0 Å². The minimum atomic E-state index is -0.466. The summed E-state index contributed by atoms with van der Waals surface area (Å²) >= 11 is 3.45. The molecule has 1 amide bonds. The molecule has 0 aliphatic heterocycles. The molecule has 0 aliphatic rings. The van der Waals surface area contributed by atoms with Crippen LogP contribution in [0.5, 0.6) is 5.75 Å². The quantitative estimate of drug-likeness (QED) is 0.375. The number of carbonyl (C=O) groups is 1. The summed E-state index contributed by atoms with van der Waals surface area (Å²) in [7, 11) is 0. The second-order valence-electron chi connectivity index (χ2n) is 6.44. The number of benzene rings is 3. The van der Waals surface area contributed by atoms with Crippen molar-refractivity contribution in [2.45, 2.75) is 13.3 Å². The highest BCUT2D eigenvalue weighted by Gasteiger charge is 2.13. The van der Waals surface area contributed by atoms with E-state index in [0.29, 0.717) is 33.6 Å². The average molecular weight is 455 g/mol. The molecule has 29 heavy (non-hydrogen) atoms. The fraction of sp³-hybridized carbons (Fsp3) is 0.136. The van der Waals surface area contributed by atoms with Crippen molar-refractivity contribution in [1.29, 1.82) is 0 Å². The molecular weight excluding hydrogens is 436 g/mol. The highest BCUT2D eigenvalue weighted by atomic mass is 79.9. The highest BCUT2D eigenvalue weighted by molar-refractivity contribution is 9.10. The van der Waals surface area contributed by atoms with Crippen LogP contribution < -0.4 is 10.1 Å². The lowest BCUT2D eigenvalue weighted by atomic mass is 10.1. The standard InChI is InChI=1S/C22H19BrN2O4/c1-15-13-18(25(27)28)8-9-20(15)24-22(26)17-7-10-21(19(23)14-17)29-12-11-16-5-3-2-4-6-16/h2-10,13-14H,11-12H2,1H3,(H,24,26). The van der Waals surface area contributed by atoms with Crippen molar-refractivity contribution >= 4 is 33.2 Å². The van der Waals surface area contributed by atoms with Gasteiger partial charge in [-0.05, 0) is 58.2 Å². The number of nitro groups is 1. The maximum absolute atomic E-state index is 12.5. The highest BCUT2D eigenvalue weighted by Crippen LogP contribution is 2.27. The number of non-ortho nitro benzene ring substituents is 1. The maximum Gasteiger partial charge on any atom is 0.269 e. The minimum absolute atomic E-state index is 0.0137. The van der Waals surface area contributed by atoms with Crippen molar-refractivity contribution in [1.82, 2.24) is 0 Å². The summed E-state index contributed by atoms with van der Waals surface area (Å²) in [6.07, 6.45) is 0.787. The summed E-state index contributed by atoms with van der Waals surface area (Å²) in [6, 6.07) is 19.5. The lowest BCUT2D eigenvalue weighted by Crippen LogP contribution is -2.13. The molecule has 3 aromatic rings. The zero-order chi connectivity index (χ0) is 20.8. The molecule has 0 aliphatic carbocycles. The van der Waals surface area contributed by atoms with Gasteiger partial charge in [0.25, 0.3) is 11.6 Å². The Kier molecular flexibility index (Phi) is 6.61. The van der Waals surface area contributed by atoms with Crippen LogP contribution in [0.3, 0.4) is 0 Å². The number of nitrogens with zero attached hydrogens (tertiary/aromatic N) is 1. The third-order valence-corrected chi connectivity index (χ3v) is 4.97. The van der Waals surface area contributed by atoms with Gasteiger partial charge in [0.1, 0.15) is 5.75 Å². The fourth-order valence-corrected chi connectivity index (χ4v) is 3.27. The molecule has 7 heteroatoms. The third kappa shape index (κ3) is 5.42. The van der Waals surface area contributed by atoms with Gasteiger partial charge in [-0.15, -0.1) is 0 Å². The fourth-order valence-electron chi connectivity index (χ4n) is 2.78. The zero-order valence-electron chi connectivity index (χ0n) is 15.7. The van der Waals surface area contributed by atoms with E-state index in [2.05, 4.69) is 21.2 Å². The monoisotopic (exact) mass is 454 g/mol. The number of nitrogens with one attached hydrogen (secondary N) is 1. The Morgan fingerprint density at radius 2 is 1.86 bits per heavy atom. The smallest absolute Gasteiger partial charge is 0.269 e. The van der Waals surface area contributed by atoms with Crippen molar-refractivity contribution in [3.05, 3.63) is 98.0 Å². The largest absolute Gasteiger partial charge is 0.492 e. The molecule has 0 saturated heterocycles. The molecule has 0 saturated carbocycles. The van der Waals surface area contributed by atoms with Crippen LogP contribution in [0.15, 0.2) is 71.2 Å². The van der Waals surface area contributed by atoms with Gasteiger partial charge < -0.3 is 10.1 Å². The third-order valence-electron chi connectivity index (χ3n) is 4.35. The molecule has 0 bridgehead atoms. The second kappa shape index (κ2) is 9.34. The van der Waals surface area contributed by atoms with E-state index in [-0.39, 0.29) is 11.6 Å². The summed E-state index contributed by atoms with van der Waals surface area (Å²) in [5, 5.41) is 13.6. The Morgan fingerprint density at radius 1 is 1.10 bits per heavy atom. The second-order valence-corrected chi connectivity index (χ2v) is 7.29. The van der Waals surface area contributed by atoms with E-state index in [4.69, 9.17) is 4.74 Å². The van der Waals surface area contributed by atoms with Gasteiger partial charge in [-0.1, -0.05) is 30.3 Å². The van der Waals surface area contributed by atoms with Gasteiger partial charge in [-0.25, -0.2) is 0 Å². The number of amides is 1. The van der Waals surface area contributed by atoms with Gasteiger partial charge in [0.2, 0.25) is 0 Å². The number of anilines is 1. The molecule has 3 rings (SSSR count). The predicted octanol–water partition coefficient (Wildman–Crippen LogP) is 5.54. The van der Waals surface area contributed by atoms with Crippen molar-refractivity contribution in [2.24, 2.45) is 0 Å². The summed E-state index contributed by atoms with van der Waals surface area (Å²) < 4.78 is 6.49. The van der Waals surface area contributed by atoms with E-state index in [9.17, 15) is 14.9 Å². The molecule has 1 N–H and O–H groups in total. The molecule has 0 atom stereocenters. The molecule has 0 radical (unpaired) electrons. The SMILES string of the molecule is Cc1cc([N+](=O)[O-])ccc1NC(=O)c1ccc(OCCc2ccccc2)c(Br)c1. The van der Waals surface area contributed by atoms with Crippen molar-refractivity contribution < 1.29 is 14.5 Å². The van der Waals surface area contributed by atoms with Crippen molar-refractivity contribution in [3.63, 3.8) is 0 Å². The molecule has 148 valence electrons. The lowest BCUT2D eigenvalue weighted by molar-refractivity contribution is -0.384. The average Bonchev–Trinajstić information content (AvgIpc) is 2.71. The van der Waals surface area contributed by atoms with E-state index < -0.39 is 4.92 Å². The number of hydrogen-bond donors (Lipinski definition) is 1. The first kappa shape index (κ1) is 20.5. The Bertz CT molecular complexity index is 1040. The molecule has 0 aromatic heterocycles. The molecule has 0 spiro atoms. The van der Waals surface area contributed by atoms with Gasteiger partial charge >= 0.3 is 0 Å². The summed E-state index contributed by atoms with van der Waals surface area (Å²) in [5.74, 6) is 0.350. The van der Waals surface area contributed by atoms with Crippen LogP contribution in [0.1, 0.15) is 21.5 Å². The van der Waals surface area contributed by atoms with Gasteiger partial charge in [-0.2, -0.15) is 0 Å². The summed E-state index contributed by atoms with van der Waals surface area (Å²) in [6.45, 7) is 2.23. The van der Waals surface area contributed by atoms with Crippen LogP contribution in [0.25, 0.3) is 0 Å². The van der Waals surface area contributed by atoms with E-state index in [0.717, 1.165) is 6.42 Å². The number of halogens is 1. The number of nitro benzene ring substituents is 1. The number of hydrogen-bond acceptors (Lipinski definition) is 4. The normalized spacial score (nSPS) is 10.4. The first-order valence-corrected chi connectivity index (χ1v) is 9.76. The van der Waals surface area contributed by atoms with Crippen LogP contribution in [-0.2, 0) is 6.42 Å². The Morgan fingerprint density at radius 3 is 2.52 bits per heavy atom. The topological polar surface area (TPSA) is 81.5 Å². The van der Waals surface area contributed by atoms with Gasteiger partial charge in [-0.3, -0.25) is 14.9 Å². The van der Waals surface area contributed by atoms with Crippen LogP contribution >= 0.6 is 15.9 Å². The summed E-state index contributed by atoms with van der Waals surface area (Å²) in [5.41, 5.74) is 2.77. The molecule has 3 aromatic carbocycles. The van der Waals surface area contributed by atoms with E-state index in [1.807, 2.05) is 30.3 Å². The van der Waals surface area contributed by atoms with Crippen LogP contribution in [-0.4, -0.2) is 17.4 Å². The van der Waals surface area contributed by atoms with Crippen molar-refractivity contribution in [2.75, 3.05) is 11.9 Å². The molecule has 0 fully saturated rings. The first-order chi connectivity index (χ1) is 13.9. The molecule has 6 nitrogen and oxygen atoms in total. The number of rotatable bonds is 7. The van der Waals surface area contributed by atoms with Crippen LogP contribution in [0, 0.1) is 17.0 Å². The number of carbonyl (C=O) groups excluding carboxylic acids is 1. The summed E-state index contributed by atoms with van der Waals surface area (Å²) in [4.78, 5) is 22.9. The minimum Gasteiger partial charge on any atom is -0.492 e.